The van der Waals surface area contributed by atoms with E-state index in [1.54, 1.807) is 0 Å². The molecule has 0 bridgehead atoms. The van der Waals surface area contributed by atoms with Crippen LogP contribution in [0.3, 0.4) is 0 Å². The lowest BCUT2D eigenvalue weighted by molar-refractivity contribution is -0.139. The molecule has 0 saturated heterocycles. The smallest absolute Gasteiger partial charge is 0.417 e. The number of esters is 1. The van der Waals surface area contributed by atoms with Gasteiger partial charge in [-0.25, -0.2) is 27.9 Å². The number of pyridine rings is 1. The van der Waals surface area contributed by atoms with Gasteiger partial charge in [-0.2, -0.15) is 18.3 Å². The van der Waals surface area contributed by atoms with Crippen LogP contribution in [-0.4, -0.2) is 68.8 Å². The summed E-state index contributed by atoms with van der Waals surface area (Å²) in [6.45, 7) is 0.929. The molecule has 0 aliphatic carbocycles. The summed E-state index contributed by atoms with van der Waals surface area (Å²) >= 11 is 0. The highest BCUT2D eigenvalue weighted by Gasteiger charge is 2.33. The number of aromatic nitrogens is 6. The van der Waals surface area contributed by atoms with Gasteiger partial charge in [0.25, 0.3) is 5.91 Å². The molecule has 1 N–H and O–H groups in total. The molecule has 12 nitrogen and oxygen atoms in total. The minimum Gasteiger partial charge on any atom is -0.468 e. The van der Waals surface area contributed by atoms with Gasteiger partial charge in [-0.3, -0.25) is 9.59 Å². The van der Waals surface area contributed by atoms with Crippen molar-refractivity contribution in [3.63, 3.8) is 0 Å². The van der Waals surface area contributed by atoms with E-state index in [9.17, 15) is 31.2 Å². The number of fused-ring (bicyclic) bond motifs is 2. The molecule has 190 valence electrons. The monoisotopic (exact) mass is 525 g/mol. The Morgan fingerprint density at radius 2 is 1.92 bits per heavy atom. The predicted molar refractivity (Wildman–Crippen MR) is 118 cm³/mol. The Balaban J connectivity index is 1.97. The minimum atomic E-state index is -4.66. The maximum atomic E-state index is 13.2. The third-order valence-corrected chi connectivity index (χ3v) is 6.91. The van der Waals surface area contributed by atoms with Crippen LogP contribution in [0.25, 0.3) is 28.2 Å². The van der Waals surface area contributed by atoms with Crippen LogP contribution in [0.2, 0.25) is 0 Å². The van der Waals surface area contributed by atoms with Crippen LogP contribution in [0, 0.1) is 0 Å². The third-order valence-electron chi connectivity index (χ3n) is 5.27. The molecule has 0 radical (unpaired) electrons. The number of aryl methyl sites for hydroxylation is 1. The molecule has 4 aromatic heterocycles. The Labute approximate surface area is 201 Å². The maximum absolute atomic E-state index is 13.2. The molecule has 0 spiro atoms. The maximum Gasteiger partial charge on any atom is 0.417 e. The lowest BCUT2D eigenvalue weighted by atomic mass is 10.2. The highest BCUT2D eigenvalue weighted by Crippen LogP contribution is 2.34. The Morgan fingerprint density at radius 1 is 1.19 bits per heavy atom. The first-order valence-corrected chi connectivity index (χ1v) is 11.9. The quantitative estimate of drug-likeness (QED) is 0.368. The second-order valence-electron chi connectivity index (χ2n) is 7.47. The van der Waals surface area contributed by atoms with Crippen LogP contribution < -0.4 is 5.32 Å². The summed E-state index contributed by atoms with van der Waals surface area (Å²) in [6, 6.07) is 2.05. The minimum absolute atomic E-state index is 0.0594. The number of hydrogen-bond donors (Lipinski definition) is 1. The molecule has 0 fully saturated rings. The van der Waals surface area contributed by atoms with Gasteiger partial charge in [-0.05, 0) is 12.1 Å². The van der Waals surface area contributed by atoms with E-state index in [1.165, 1.54) is 30.8 Å². The van der Waals surface area contributed by atoms with Gasteiger partial charge in [0.15, 0.2) is 26.2 Å². The van der Waals surface area contributed by atoms with Crippen molar-refractivity contribution in [1.82, 2.24) is 34.4 Å². The zero-order valence-corrected chi connectivity index (χ0v) is 19.8. The van der Waals surface area contributed by atoms with Crippen LogP contribution >= 0.6 is 0 Å². The molecular formula is C20H18F3N7O5S. The first kappa shape index (κ1) is 25.0. The van der Waals surface area contributed by atoms with Crippen molar-refractivity contribution in [2.45, 2.75) is 18.1 Å². The van der Waals surface area contributed by atoms with E-state index in [2.05, 4.69) is 30.1 Å². The molecule has 0 saturated carbocycles. The van der Waals surface area contributed by atoms with E-state index in [0.29, 0.717) is 6.20 Å². The number of ether oxygens (including phenoxy) is 1. The van der Waals surface area contributed by atoms with Crippen LogP contribution in [0.15, 0.2) is 29.6 Å². The van der Waals surface area contributed by atoms with Crippen molar-refractivity contribution in [2.24, 2.45) is 7.05 Å². The number of imidazole rings is 1. The SMILES string of the molecule is CCS(=O)(=O)c1nn2c(C(=O)NCC(=O)OC)ccnc2c1-c1nc2cc(C(F)(F)F)cnc2n1C. The second kappa shape index (κ2) is 8.85. The average Bonchev–Trinajstić information content (AvgIpc) is 3.39. The van der Waals surface area contributed by atoms with Crippen molar-refractivity contribution in [2.75, 3.05) is 19.4 Å². The van der Waals surface area contributed by atoms with E-state index in [-0.39, 0.29) is 39.6 Å². The Hall–Kier alpha value is -4.08. The van der Waals surface area contributed by atoms with Crippen molar-refractivity contribution in [3.05, 3.63) is 35.8 Å². The summed E-state index contributed by atoms with van der Waals surface area (Å²) < 4.78 is 72.2. The number of amides is 1. The molecule has 16 heteroatoms. The van der Waals surface area contributed by atoms with Crippen LogP contribution in [0.5, 0.6) is 0 Å². The van der Waals surface area contributed by atoms with Crippen LogP contribution in [-0.2, 0) is 32.6 Å². The van der Waals surface area contributed by atoms with Crippen molar-refractivity contribution in [3.8, 4) is 11.4 Å². The molecule has 36 heavy (non-hydrogen) atoms. The Morgan fingerprint density at radius 3 is 2.56 bits per heavy atom. The Bertz CT molecular complexity index is 1630. The molecule has 0 aliphatic heterocycles. The van der Waals surface area contributed by atoms with Crippen molar-refractivity contribution < 1.29 is 35.9 Å². The van der Waals surface area contributed by atoms with Gasteiger partial charge in [-0.1, -0.05) is 6.92 Å². The average molecular weight is 525 g/mol. The lowest BCUT2D eigenvalue weighted by Crippen LogP contribution is -2.31. The summed E-state index contributed by atoms with van der Waals surface area (Å²) in [4.78, 5) is 36.3. The number of nitrogens with one attached hydrogen (secondary N) is 1. The van der Waals surface area contributed by atoms with E-state index in [0.717, 1.165) is 17.7 Å². The van der Waals surface area contributed by atoms with Crippen molar-refractivity contribution in [1.29, 1.82) is 0 Å². The predicted octanol–water partition coefficient (Wildman–Crippen LogP) is 1.39. The second-order valence-corrected chi connectivity index (χ2v) is 9.66. The van der Waals surface area contributed by atoms with E-state index >= 15 is 0 Å². The zero-order chi connectivity index (χ0) is 26.4. The van der Waals surface area contributed by atoms with Gasteiger partial charge in [-0.15, -0.1) is 0 Å². The largest absolute Gasteiger partial charge is 0.468 e. The van der Waals surface area contributed by atoms with Crippen LogP contribution in [0.1, 0.15) is 23.0 Å². The summed E-state index contributed by atoms with van der Waals surface area (Å²) in [7, 11) is -1.44. The number of sulfone groups is 1. The molecule has 0 aromatic carbocycles. The van der Waals surface area contributed by atoms with Gasteiger partial charge in [0.1, 0.15) is 29.1 Å². The lowest BCUT2D eigenvalue weighted by Gasteiger charge is -2.06. The Kier molecular flexibility index (Phi) is 6.15. The first-order valence-electron chi connectivity index (χ1n) is 10.2. The topological polar surface area (TPSA) is 150 Å². The number of halogens is 3. The van der Waals surface area contributed by atoms with E-state index < -0.39 is 45.0 Å². The molecule has 0 unspecified atom stereocenters. The first-order chi connectivity index (χ1) is 16.9. The third kappa shape index (κ3) is 4.23. The summed E-state index contributed by atoms with van der Waals surface area (Å²) in [5.41, 5.74) is -1.46. The summed E-state index contributed by atoms with van der Waals surface area (Å²) in [5, 5.41) is 5.96. The van der Waals surface area contributed by atoms with E-state index in [1.807, 2.05) is 0 Å². The summed E-state index contributed by atoms with van der Waals surface area (Å²) in [6.07, 6.45) is -2.79. The van der Waals surface area contributed by atoms with E-state index in [4.69, 9.17) is 0 Å². The van der Waals surface area contributed by atoms with Gasteiger partial charge >= 0.3 is 12.1 Å². The molecule has 4 aromatic rings. The van der Waals surface area contributed by atoms with Crippen molar-refractivity contribution >= 4 is 38.5 Å². The fourth-order valence-electron chi connectivity index (χ4n) is 3.42. The summed E-state index contributed by atoms with van der Waals surface area (Å²) in [5.74, 6) is -1.93. The molecule has 0 aliphatic rings. The number of hydrogen-bond acceptors (Lipinski definition) is 9. The molecule has 4 heterocycles. The number of methoxy groups -OCH3 is 1. The number of carbonyl (C=O) groups excluding carboxylic acids is 2. The van der Waals surface area contributed by atoms with Gasteiger partial charge < -0.3 is 14.6 Å². The van der Waals surface area contributed by atoms with Gasteiger partial charge in [0.05, 0.1) is 18.4 Å². The highest BCUT2D eigenvalue weighted by molar-refractivity contribution is 7.91. The normalized spacial score (nSPS) is 12.3. The number of carbonyl (C=O) groups is 2. The standard InChI is InChI=1S/C20H18F3N7O5S/c1-4-36(33,34)19-14(17-27-11-7-10(20(21,22)23)8-25-15(11)29(17)2)16-24-6-5-12(30(16)28-19)18(32)26-9-13(31)35-3/h5-8H,4,9H2,1-3H3,(H,26,32). The molecule has 0 atom stereocenters. The number of nitrogens with zero attached hydrogens (tertiary/aromatic N) is 6. The fourth-order valence-corrected chi connectivity index (χ4v) is 4.39. The van der Waals surface area contributed by atoms with Gasteiger partial charge in [0, 0.05) is 19.4 Å². The molecule has 1 amide bonds. The van der Waals surface area contributed by atoms with Gasteiger partial charge in [0.2, 0.25) is 0 Å². The van der Waals surface area contributed by atoms with Crippen LogP contribution in [0.4, 0.5) is 13.2 Å². The molecular weight excluding hydrogens is 507 g/mol. The zero-order valence-electron chi connectivity index (χ0n) is 19.0. The number of alkyl halides is 3. The number of rotatable bonds is 6. The molecule has 4 rings (SSSR count). The highest BCUT2D eigenvalue weighted by atomic mass is 32.2. The fraction of sp³-hybridized carbons (Fsp3) is 0.300.